The quantitative estimate of drug-likeness (QED) is 0.814. The lowest BCUT2D eigenvalue weighted by atomic mass is 10.0. The van der Waals surface area contributed by atoms with E-state index in [9.17, 15) is 8.42 Å². The van der Waals surface area contributed by atoms with Crippen LogP contribution < -0.4 is 4.72 Å². The number of piperidine rings is 1. The van der Waals surface area contributed by atoms with Crippen molar-refractivity contribution in [2.75, 3.05) is 19.6 Å². The highest BCUT2D eigenvalue weighted by atomic mass is 79.9. The number of rotatable bonds is 5. The van der Waals surface area contributed by atoms with Crippen molar-refractivity contribution in [3.63, 3.8) is 0 Å². The molecule has 0 radical (unpaired) electrons. The fourth-order valence-corrected chi connectivity index (χ4v) is 6.84. The van der Waals surface area contributed by atoms with Crippen molar-refractivity contribution in [3.8, 4) is 0 Å². The van der Waals surface area contributed by atoms with E-state index in [-0.39, 0.29) is 6.04 Å². The Morgan fingerprint density at radius 2 is 1.86 bits per heavy atom. The van der Waals surface area contributed by atoms with Crippen LogP contribution in [0.2, 0.25) is 0 Å². The maximum absolute atomic E-state index is 12.3. The van der Waals surface area contributed by atoms with Gasteiger partial charge in [-0.1, -0.05) is 12.8 Å². The van der Waals surface area contributed by atoms with E-state index in [1.807, 2.05) is 0 Å². The Bertz CT molecular complexity index is 588. The summed E-state index contributed by atoms with van der Waals surface area (Å²) < 4.78 is 28.8. The number of hydrogen-bond donors (Lipinski definition) is 1. The van der Waals surface area contributed by atoms with Crippen LogP contribution >= 0.6 is 27.3 Å². The van der Waals surface area contributed by atoms with Gasteiger partial charge < -0.3 is 4.90 Å². The fourth-order valence-electron chi connectivity index (χ4n) is 3.51. The molecule has 0 atom stereocenters. The van der Waals surface area contributed by atoms with Gasteiger partial charge in [0.25, 0.3) is 0 Å². The first-order valence-electron chi connectivity index (χ1n) is 8.03. The SMILES string of the molecule is O=S(=O)(NC1CCN(CC2CCCC2)CC1)c1ccc(Br)s1. The highest BCUT2D eigenvalue weighted by molar-refractivity contribution is 9.11. The minimum absolute atomic E-state index is 0.0747. The summed E-state index contributed by atoms with van der Waals surface area (Å²) in [4.78, 5) is 2.52. The summed E-state index contributed by atoms with van der Waals surface area (Å²) in [5.74, 6) is 0.872. The van der Waals surface area contributed by atoms with E-state index in [1.54, 1.807) is 12.1 Å². The van der Waals surface area contributed by atoms with Crippen LogP contribution in [-0.2, 0) is 10.0 Å². The summed E-state index contributed by atoms with van der Waals surface area (Å²) in [6.07, 6.45) is 7.35. The van der Waals surface area contributed by atoms with Crippen molar-refractivity contribution in [2.24, 2.45) is 5.92 Å². The van der Waals surface area contributed by atoms with Crippen molar-refractivity contribution < 1.29 is 8.42 Å². The van der Waals surface area contributed by atoms with Gasteiger partial charge >= 0.3 is 0 Å². The minimum Gasteiger partial charge on any atom is -0.303 e. The molecule has 4 nitrogen and oxygen atoms in total. The van der Waals surface area contributed by atoms with Crippen LogP contribution in [-0.4, -0.2) is 39.0 Å². The van der Waals surface area contributed by atoms with Crippen LogP contribution in [0.3, 0.4) is 0 Å². The normalized spacial score (nSPS) is 22.4. The number of halogens is 1. The summed E-state index contributed by atoms with van der Waals surface area (Å²) in [6.45, 7) is 3.23. The topological polar surface area (TPSA) is 49.4 Å². The number of nitrogens with zero attached hydrogens (tertiary/aromatic N) is 1. The average molecular weight is 407 g/mol. The van der Waals surface area contributed by atoms with Crippen LogP contribution in [0.25, 0.3) is 0 Å². The first-order valence-corrected chi connectivity index (χ1v) is 11.1. The van der Waals surface area contributed by atoms with Crippen molar-refractivity contribution >= 4 is 37.3 Å². The summed E-state index contributed by atoms with van der Waals surface area (Å²) >= 11 is 4.58. The third-order valence-electron chi connectivity index (χ3n) is 4.71. The Morgan fingerprint density at radius 1 is 1.18 bits per heavy atom. The fraction of sp³-hybridized carbons (Fsp3) is 0.733. The van der Waals surface area contributed by atoms with E-state index < -0.39 is 10.0 Å². The zero-order valence-electron chi connectivity index (χ0n) is 12.6. The Morgan fingerprint density at radius 3 is 2.45 bits per heavy atom. The molecule has 1 saturated heterocycles. The molecule has 1 aliphatic carbocycles. The number of hydrogen-bond acceptors (Lipinski definition) is 4. The van der Waals surface area contributed by atoms with Crippen molar-refractivity contribution in [1.82, 2.24) is 9.62 Å². The van der Waals surface area contributed by atoms with Gasteiger partial charge in [-0.2, -0.15) is 0 Å². The van der Waals surface area contributed by atoms with Crippen LogP contribution in [0, 0.1) is 5.92 Å². The van der Waals surface area contributed by atoms with Gasteiger partial charge in [0, 0.05) is 12.6 Å². The lowest BCUT2D eigenvalue weighted by Gasteiger charge is -2.33. The van der Waals surface area contributed by atoms with Crippen LogP contribution in [0.4, 0.5) is 0 Å². The zero-order chi connectivity index (χ0) is 15.6. The van der Waals surface area contributed by atoms with Crippen molar-refractivity contribution in [2.45, 2.75) is 48.8 Å². The molecule has 1 saturated carbocycles. The van der Waals surface area contributed by atoms with E-state index in [4.69, 9.17) is 0 Å². The van der Waals surface area contributed by atoms with E-state index in [1.165, 1.54) is 43.6 Å². The van der Waals surface area contributed by atoms with Gasteiger partial charge in [0.1, 0.15) is 4.21 Å². The molecule has 2 heterocycles. The molecule has 124 valence electrons. The Kier molecular flexibility index (Phi) is 5.60. The number of likely N-dealkylation sites (tertiary alicyclic amines) is 1. The molecule has 2 aliphatic rings. The molecule has 0 unspecified atom stereocenters. The number of nitrogens with one attached hydrogen (secondary N) is 1. The number of thiophene rings is 1. The molecular formula is C15H23BrN2O2S2. The van der Waals surface area contributed by atoms with Crippen LogP contribution in [0.5, 0.6) is 0 Å². The van der Waals surface area contributed by atoms with E-state index in [2.05, 4.69) is 25.6 Å². The van der Waals surface area contributed by atoms with Gasteiger partial charge in [-0.25, -0.2) is 13.1 Å². The predicted molar refractivity (Wildman–Crippen MR) is 93.8 cm³/mol. The first-order chi connectivity index (χ1) is 10.5. The zero-order valence-corrected chi connectivity index (χ0v) is 15.9. The molecule has 1 aliphatic heterocycles. The van der Waals surface area contributed by atoms with E-state index >= 15 is 0 Å². The molecule has 22 heavy (non-hydrogen) atoms. The molecular weight excluding hydrogens is 384 g/mol. The van der Waals surface area contributed by atoms with E-state index in [0.717, 1.165) is 35.6 Å². The maximum atomic E-state index is 12.3. The highest BCUT2D eigenvalue weighted by Crippen LogP contribution is 2.28. The summed E-state index contributed by atoms with van der Waals surface area (Å²) in [6, 6.07) is 3.51. The van der Waals surface area contributed by atoms with Gasteiger partial charge in [0.15, 0.2) is 0 Å². The lowest BCUT2D eigenvalue weighted by Crippen LogP contribution is -2.45. The van der Waals surface area contributed by atoms with Gasteiger partial charge in [-0.3, -0.25) is 0 Å². The second-order valence-corrected chi connectivity index (χ2v) is 10.8. The molecule has 7 heteroatoms. The minimum atomic E-state index is -3.36. The van der Waals surface area contributed by atoms with Gasteiger partial charge in [0.05, 0.1) is 3.79 Å². The lowest BCUT2D eigenvalue weighted by molar-refractivity contribution is 0.180. The number of sulfonamides is 1. The molecule has 0 bridgehead atoms. The largest absolute Gasteiger partial charge is 0.303 e. The third kappa shape index (κ3) is 4.32. The Balaban J connectivity index is 1.49. The molecule has 1 aromatic heterocycles. The average Bonchev–Trinajstić information content (AvgIpc) is 3.12. The molecule has 1 aromatic rings. The predicted octanol–water partition coefficient (Wildman–Crippen LogP) is 3.44. The molecule has 2 fully saturated rings. The molecule has 0 aromatic carbocycles. The van der Waals surface area contributed by atoms with E-state index in [0.29, 0.717) is 4.21 Å². The smallest absolute Gasteiger partial charge is 0.250 e. The van der Waals surface area contributed by atoms with Crippen LogP contribution in [0.1, 0.15) is 38.5 Å². The molecule has 0 spiro atoms. The Labute approximate surface area is 145 Å². The summed E-state index contributed by atoms with van der Waals surface area (Å²) in [7, 11) is -3.36. The highest BCUT2D eigenvalue weighted by Gasteiger charge is 2.27. The van der Waals surface area contributed by atoms with Gasteiger partial charge in [-0.15, -0.1) is 11.3 Å². The third-order valence-corrected chi connectivity index (χ3v) is 8.35. The Hall–Kier alpha value is 0.0500. The molecule has 0 amide bonds. The maximum Gasteiger partial charge on any atom is 0.250 e. The van der Waals surface area contributed by atoms with Gasteiger partial charge in [-0.05, 0) is 72.8 Å². The first kappa shape index (κ1) is 16.9. The second kappa shape index (κ2) is 7.30. The monoisotopic (exact) mass is 406 g/mol. The van der Waals surface area contributed by atoms with Gasteiger partial charge in [0.2, 0.25) is 10.0 Å². The summed E-state index contributed by atoms with van der Waals surface area (Å²) in [5.41, 5.74) is 0. The molecule has 1 N–H and O–H groups in total. The van der Waals surface area contributed by atoms with Crippen LogP contribution in [0.15, 0.2) is 20.1 Å². The van der Waals surface area contributed by atoms with Crippen molar-refractivity contribution in [3.05, 3.63) is 15.9 Å². The van der Waals surface area contributed by atoms with Crippen molar-refractivity contribution in [1.29, 1.82) is 0 Å². The summed E-state index contributed by atoms with van der Waals surface area (Å²) in [5, 5.41) is 0. The standard InChI is InChI=1S/C15H23BrN2O2S2/c16-14-5-6-15(21-14)22(19,20)17-13-7-9-18(10-8-13)11-12-3-1-2-4-12/h5-6,12-13,17H,1-4,7-11H2. The second-order valence-electron chi connectivity index (χ2n) is 6.41. The molecule has 3 rings (SSSR count).